The fraction of sp³-hybridized carbons (Fsp3) is 0.577. The molecule has 7 nitrogen and oxygen atoms in total. The molecule has 1 fully saturated rings. The molecule has 2 unspecified atom stereocenters. The van der Waals surface area contributed by atoms with Crippen LogP contribution in [0.4, 0.5) is 36.3 Å². The zero-order valence-corrected chi connectivity index (χ0v) is 22.3. The first-order valence-corrected chi connectivity index (χ1v) is 12.6. The third kappa shape index (κ3) is 7.24. The van der Waals surface area contributed by atoms with E-state index in [2.05, 4.69) is 34.4 Å². The molecule has 1 amide bonds. The standard InChI is InChI=1S/C21H25F3N6O.C3H8.C2H6/c1-12-18-19(29(2)11-17(31)27-18)28-20(25-12)26-14-6-9-16(10-14)30(3)15-7-4-13(5-8-15)21(22,23)24;1-3-2;1-2/h4-5,7-8,14,16H,6,9-11H2,1-3H3,(H,27,31)(H,25,26,28);3H2,1-2H3;1-2H3. The van der Waals surface area contributed by atoms with Gasteiger partial charge in [0.1, 0.15) is 5.69 Å². The number of alkyl halides is 3. The van der Waals surface area contributed by atoms with Crippen molar-refractivity contribution in [1.82, 2.24) is 9.97 Å². The molecule has 1 aliphatic heterocycles. The van der Waals surface area contributed by atoms with Crippen molar-refractivity contribution in [3.63, 3.8) is 0 Å². The summed E-state index contributed by atoms with van der Waals surface area (Å²) in [5.74, 6) is 1.11. The Morgan fingerprint density at radius 1 is 1.14 bits per heavy atom. The maximum Gasteiger partial charge on any atom is 0.416 e. The summed E-state index contributed by atoms with van der Waals surface area (Å²) in [6.07, 6.45) is -0.441. The Morgan fingerprint density at radius 2 is 1.75 bits per heavy atom. The maximum atomic E-state index is 12.8. The summed E-state index contributed by atoms with van der Waals surface area (Å²) in [5.41, 5.74) is 1.45. The Kier molecular flexibility index (Phi) is 10.4. The molecule has 10 heteroatoms. The zero-order chi connectivity index (χ0) is 27.0. The molecule has 0 saturated heterocycles. The van der Waals surface area contributed by atoms with Gasteiger partial charge in [-0.3, -0.25) is 4.79 Å². The van der Waals surface area contributed by atoms with Crippen molar-refractivity contribution < 1.29 is 18.0 Å². The van der Waals surface area contributed by atoms with Gasteiger partial charge in [0.05, 0.1) is 17.8 Å². The van der Waals surface area contributed by atoms with Gasteiger partial charge in [-0.1, -0.05) is 34.1 Å². The molecular weight excluding hydrogens is 469 g/mol. The van der Waals surface area contributed by atoms with Crippen LogP contribution in [0.5, 0.6) is 0 Å². The Balaban J connectivity index is 0.000000850. The molecule has 4 rings (SSSR count). The van der Waals surface area contributed by atoms with Crippen molar-refractivity contribution >= 4 is 29.0 Å². The molecule has 1 aromatic heterocycles. The number of fused-ring (bicyclic) bond motifs is 1. The number of carbonyl (C=O) groups is 1. The predicted octanol–water partition coefficient (Wildman–Crippen LogP) is 6.10. The number of benzene rings is 1. The van der Waals surface area contributed by atoms with Crippen LogP contribution in [-0.4, -0.2) is 48.6 Å². The monoisotopic (exact) mass is 508 g/mol. The summed E-state index contributed by atoms with van der Waals surface area (Å²) >= 11 is 0. The van der Waals surface area contributed by atoms with E-state index in [4.69, 9.17) is 0 Å². The fourth-order valence-electron chi connectivity index (χ4n) is 4.23. The smallest absolute Gasteiger partial charge is 0.372 e. The lowest BCUT2D eigenvalue weighted by molar-refractivity contribution is -0.137. The van der Waals surface area contributed by atoms with Gasteiger partial charge in [-0.2, -0.15) is 18.2 Å². The number of nitrogens with zero attached hydrogens (tertiary/aromatic N) is 4. The number of amides is 1. The molecule has 0 radical (unpaired) electrons. The molecule has 1 aromatic carbocycles. The lowest BCUT2D eigenvalue weighted by Gasteiger charge is -2.28. The first-order valence-electron chi connectivity index (χ1n) is 12.6. The molecule has 2 heterocycles. The lowest BCUT2D eigenvalue weighted by Crippen LogP contribution is -2.37. The second-order valence-corrected chi connectivity index (χ2v) is 8.91. The number of aryl methyl sites for hydroxylation is 1. The highest BCUT2D eigenvalue weighted by atomic mass is 19.4. The van der Waals surface area contributed by atoms with Crippen LogP contribution in [0, 0.1) is 6.92 Å². The summed E-state index contributed by atoms with van der Waals surface area (Å²) < 4.78 is 38.4. The summed E-state index contributed by atoms with van der Waals surface area (Å²) in [5, 5.41) is 6.21. The molecule has 2 atom stereocenters. The highest BCUT2D eigenvalue weighted by Crippen LogP contribution is 2.34. The van der Waals surface area contributed by atoms with Crippen LogP contribution in [0.3, 0.4) is 0 Å². The van der Waals surface area contributed by atoms with E-state index in [9.17, 15) is 18.0 Å². The fourth-order valence-corrected chi connectivity index (χ4v) is 4.23. The highest BCUT2D eigenvalue weighted by Gasteiger charge is 2.32. The first-order chi connectivity index (χ1) is 17.0. The SMILES string of the molecule is CC.CCC.Cc1nc(NC2CCC(N(C)c3ccc(C(F)(F)F)cc3)C2)nc2c1NC(=O)CN2C. The number of aromatic nitrogens is 2. The zero-order valence-electron chi connectivity index (χ0n) is 22.3. The van der Waals surface area contributed by atoms with Crippen molar-refractivity contribution in [1.29, 1.82) is 0 Å². The van der Waals surface area contributed by atoms with Gasteiger partial charge in [0.15, 0.2) is 5.82 Å². The molecule has 2 aromatic rings. The van der Waals surface area contributed by atoms with Gasteiger partial charge in [0, 0.05) is 31.9 Å². The minimum absolute atomic E-state index is 0.0904. The van der Waals surface area contributed by atoms with Gasteiger partial charge < -0.3 is 20.4 Å². The minimum Gasteiger partial charge on any atom is -0.372 e. The lowest BCUT2D eigenvalue weighted by atomic mass is 10.1. The van der Waals surface area contributed by atoms with E-state index in [0.717, 1.165) is 37.1 Å². The van der Waals surface area contributed by atoms with E-state index in [1.54, 1.807) is 4.90 Å². The van der Waals surface area contributed by atoms with Crippen LogP contribution in [0.15, 0.2) is 24.3 Å². The molecule has 1 aliphatic carbocycles. The summed E-state index contributed by atoms with van der Waals surface area (Å²) in [6.45, 7) is 10.3. The molecule has 0 spiro atoms. The molecule has 0 bridgehead atoms. The summed E-state index contributed by atoms with van der Waals surface area (Å²) in [4.78, 5) is 24.7. The predicted molar refractivity (Wildman–Crippen MR) is 141 cm³/mol. The van der Waals surface area contributed by atoms with Crippen LogP contribution >= 0.6 is 0 Å². The van der Waals surface area contributed by atoms with Crippen LogP contribution in [0.2, 0.25) is 0 Å². The average Bonchev–Trinajstić information content (AvgIpc) is 3.29. The third-order valence-electron chi connectivity index (χ3n) is 5.97. The van der Waals surface area contributed by atoms with E-state index < -0.39 is 11.7 Å². The van der Waals surface area contributed by atoms with Crippen LogP contribution in [-0.2, 0) is 11.0 Å². The number of anilines is 4. The van der Waals surface area contributed by atoms with E-state index in [1.807, 2.05) is 39.8 Å². The highest BCUT2D eigenvalue weighted by molar-refractivity contribution is 6.00. The first kappa shape index (κ1) is 29.2. The van der Waals surface area contributed by atoms with E-state index in [-0.39, 0.29) is 24.5 Å². The molecule has 200 valence electrons. The Morgan fingerprint density at radius 3 is 2.33 bits per heavy atom. The minimum atomic E-state index is -4.33. The van der Waals surface area contributed by atoms with Gasteiger partial charge in [0.2, 0.25) is 11.9 Å². The number of halogens is 3. The molecule has 1 saturated carbocycles. The Labute approximate surface area is 212 Å². The molecule has 2 aliphatic rings. The average molecular weight is 509 g/mol. The van der Waals surface area contributed by atoms with E-state index >= 15 is 0 Å². The number of rotatable bonds is 4. The number of hydrogen-bond donors (Lipinski definition) is 2. The summed E-state index contributed by atoms with van der Waals surface area (Å²) in [6, 6.07) is 5.64. The van der Waals surface area contributed by atoms with Crippen LogP contribution in [0.25, 0.3) is 0 Å². The number of hydrogen-bond acceptors (Lipinski definition) is 6. The van der Waals surface area contributed by atoms with Crippen molar-refractivity contribution in [2.45, 2.75) is 78.6 Å². The van der Waals surface area contributed by atoms with Gasteiger partial charge in [-0.15, -0.1) is 0 Å². The molecule has 2 N–H and O–H groups in total. The van der Waals surface area contributed by atoms with Gasteiger partial charge >= 0.3 is 6.18 Å². The molecular formula is C26H39F3N6O. The number of likely N-dealkylation sites (N-methyl/N-ethyl adjacent to an activating group) is 1. The van der Waals surface area contributed by atoms with Crippen molar-refractivity contribution in [3.8, 4) is 0 Å². The summed E-state index contributed by atoms with van der Waals surface area (Å²) in [7, 11) is 3.73. The second-order valence-electron chi connectivity index (χ2n) is 8.91. The van der Waals surface area contributed by atoms with Gasteiger partial charge in [-0.05, 0) is 50.5 Å². The molecule has 36 heavy (non-hydrogen) atoms. The normalized spacial score (nSPS) is 18.7. The number of nitrogens with one attached hydrogen (secondary N) is 2. The second kappa shape index (κ2) is 12.8. The number of carbonyl (C=O) groups excluding carboxylic acids is 1. The van der Waals surface area contributed by atoms with E-state index in [0.29, 0.717) is 23.1 Å². The van der Waals surface area contributed by atoms with Crippen molar-refractivity contribution in [2.24, 2.45) is 0 Å². The topological polar surface area (TPSA) is 73.4 Å². The van der Waals surface area contributed by atoms with Crippen LogP contribution in [0.1, 0.15) is 64.6 Å². The maximum absolute atomic E-state index is 12.8. The van der Waals surface area contributed by atoms with Crippen molar-refractivity contribution in [2.75, 3.05) is 41.1 Å². The van der Waals surface area contributed by atoms with Gasteiger partial charge in [-0.25, -0.2) is 4.98 Å². The van der Waals surface area contributed by atoms with Crippen LogP contribution < -0.4 is 20.4 Å². The van der Waals surface area contributed by atoms with E-state index in [1.165, 1.54) is 18.6 Å². The largest absolute Gasteiger partial charge is 0.416 e. The van der Waals surface area contributed by atoms with Gasteiger partial charge in [0.25, 0.3) is 0 Å². The third-order valence-corrected chi connectivity index (χ3v) is 5.97. The van der Waals surface area contributed by atoms with Crippen molar-refractivity contribution in [3.05, 3.63) is 35.5 Å². The quantitative estimate of drug-likeness (QED) is 0.520. The Bertz CT molecular complexity index is 996. The Hall–Kier alpha value is -3.04.